The molecule has 5 heteroatoms. The Hall–Kier alpha value is -0.650. The van der Waals surface area contributed by atoms with Crippen LogP contribution in [-0.4, -0.2) is 73.7 Å². The van der Waals surface area contributed by atoms with Crippen LogP contribution in [0.1, 0.15) is 26.7 Å². The zero-order valence-corrected chi connectivity index (χ0v) is 12.2. The quantitative estimate of drug-likeness (QED) is 0.754. The maximum absolute atomic E-state index is 11.8. The summed E-state index contributed by atoms with van der Waals surface area (Å²) in [5.41, 5.74) is 0. The molecule has 1 N–H and O–H groups in total. The number of nitrogens with one attached hydrogen (secondary N) is 1. The number of hydrogen-bond donors (Lipinski definition) is 1. The number of amides is 1. The van der Waals surface area contributed by atoms with Crippen LogP contribution >= 0.6 is 0 Å². The lowest BCUT2D eigenvalue weighted by Crippen LogP contribution is -2.50. The summed E-state index contributed by atoms with van der Waals surface area (Å²) in [5, 5.41) is 3.24. The van der Waals surface area contributed by atoms with E-state index in [9.17, 15) is 4.79 Å². The van der Waals surface area contributed by atoms with E-state index in [0.29, 0.717) is 12.6 Å². The number of carbonyl (C=O) groups excluding carboxylic acids is 1. The highest BCUT2D eigenvalue weighted by Gasteiger charge is 2.31. The Kier molecular flexibility index (Phi) is 5.60. The van der Waals surface area contributed by atoms with Crippen molar-refractivity contribution >= 4 is 5.91 Å². The van der Waals surface area contributed by atoms with Crippen LogP contribution in [0.15, 0.2) is 0 Å². The van der Waals surface area contributed by atoms with E-state index >= 15 is 0 Å². The van der Waals surface area contributed by atoms with E-state index in [1.54, 1.807) is 0 Å². The third kappa shape index (κ3) is 3.91. The molecule has 2 atom stereocenters. The molecule has 0 bridgehead atoms. The van der Waals surface area contributed by atoms with Gasteiger partial charge in [-0.15, -0.1) is 0 Å². The molecule has 1 amide bonds. The minimum Gasteiger partial charge on any atom is -0.374 e. The lowest BCUT2D eigenvalue weighted by Gasteiger charge is -2.35. The summed E-state index contributed by atoms with van der Waals surface area (Å²) in [6.45, 7) is 9.87. The molecule has 0 aliphatic carbocycles. The summed E-state index contributed by atoms with van der Waals surface area (Å²) in [5.74, 6) is 0.180. The van der Waals surface area contributed by atoms with Gasteiger partial charge in [0.25, 0.3) is 0 Å². The van der Waals surface area contributed by atoms with Crippen LogP contribution in [0.5, 0.6) is 0 Å². The van der Waals surface area contributed by atoms with Gasteiger partial charge in [0.1, 0.15) is 0 Å². The smallest absolute Gasteiger partial charge is 0.236 e. The summed E-state index contributed by atoms with van der Waals surface area (Å²) >= 11 is 0. The zero-order valence-electron chi connectivity index (χ0n) is 12.2. The van der Waals surface area contributed by atoms with Gasteiger partial charge < -0.3 is 15.0 Å². The van der Waals surface area contributed by atoms with E-state index < -0.39 is 0 Å². The fourth-order valence-corrected chi connectivity index (χ4v) is 3.04. The van der Waals surface area contributed by atoms with Crippen molar-refractivity contribution in [3.63, 3.8) is 0 Å². The molecule has 2 saturated heterocycles. The van der Waals surface area contributed by atoms with Crippen LogP contribution < -0.4 is 5.32 Å². The molecule has 0 aromatic rings. The molecule has 0 aromatic heterocycles. The van der Waals surface area contributed by atoms with E-state index in [1.165, 1.54) is 19.4 Å². The molecule has 2 aliphatic rings. The van der Waals surface area contributed by atoms with Crippen molar-refractivity contribution in [3.8, 4) is 0 Å². The molecule has 19 heavy (non-hydrogen) atoms. The number of nitrogens with zero attached hydrogens (tertiary/aromatic N) is 2. The number of likely N-dealkylation sites (N-methyl/N-ethyl adjacent to an activating group) is 1. The van der Waals surface area contributed by atoms with Crippen molar-refractivity contribution in [3.05, 3.63) is 0 Å². The molecule has 0 saturated carbocycles. The van der Waals surface area contributed by atoms with Gasteiger partial charge in [-0.25, -0.2) is 0 Å². The second kappa shape index (κ2) is 7.22. The summed E-state index contributed by atoms with van der Waals surface area (Å²) in [6, 6.07) is 0.647. The van der Waals surface area contributed by atoms with E-state index in [2.05, 4.69) is 10.2 Å². The SMILES string of the molecule is CCN(CC)C(=O)CNCC1CN2CCCC2CO1. The van der Waals surface area contributed by atoms with Gasteiger partial charge in [-0.3, -0.25) is 9.69 Å². The highest BCUT2D eigenvalue weighted by Crippen LogP contribution is 2.22. The first kappa shape index (κ1) is 14.8. The van der Waals surface area contributed by atoms with Crippen LogP contribution in [0.4, 0.5) is 0 Å². The first-order chi connectivity index (χ1) is 9.24. The Morgan fingerprint density at radius 3 is 2.95 bits per heavy atom. The van der Waals surface area contributed by atoms with Crippen LogP contribution in [0.3, 0.4) is 0 Å². The van der Waals surface area contributed by atoms with Crippen LogP contribution in [0.2, 0.25) is 0 Å². The molecule has 2 aliphatic heterocycles. The Bertz CT molecular complexity index is 294. The minimum absolute atomic E-state index is 0.180. The van der Waals surface area contributed by atoms with Crippen molar-refractivity contribution in [1.82, 2.24) is 15.1 Å². The zero-order chi connectivity index (χ0) is 13.7. The third-order valence-electron chi connectivity index (χ3n) is 4.23. The Labute approximate surface area is 116 Å². The number of carbonyl (C=O) groups is 1. The van der Waals surface area contributed by atoms with Crippen molar-refractivity contribution in [2.75, 3.05) is 45.9 Å². The first-order valence-electron chi connectivity index (χ1n) is 7.58. The topological polar surface area (TPSA) is 44.8 Å². The molecule has 0 spiro atoms. The molecule has 110 valence electrons. The molecular formula is C14H27N3O2. The fraction of sp³-hybridized carbons (Fsp3) is 0.929. The second-order valence-electron chi connectivity index (χ2n) is 5.44. The molecule has 5 nitrogen and oxygen atoms in total. The van der Waals surface area contributed by atoms with Crippen molar-refractivity contribution in [2.24, 2.45) is 0 Å². The molecule has 0 radical (unpaired) electrons. The Morgan fingerprint density at radius 1 is 1.42 bits per heavy atom. The minimum atomic E-state index is 0.180. The monoisotopic (exact) mass is 269 g/mol. The van der Waals surface area contributed by atoms with Gasteiger partial charge in [0.2, 0.25) is 5.91 Å². The molecule has 0 aromatic carbocycles. The lowest BCUT2D eigenvalue weighted by atomic mass is 10.2. The van der Waals surface area contributed by atoms with Gasteiger partial charge in [0.05, 0.1) is 19.3 Å². The van der Waals surface area contributed by atoms with Crippen molar-refractivity contribution in [1.29, 1.82) is 0 Å². The number of rotatable bonds is 6. The normalized spacial score (nSPS) is 27.3. The van der Waals surface area contributed by atoms with Crippen molar-refractivity contribution in [2.45, 2.75) is 38.8 Å². The average Bonchev–Trinajstić information content (AvgIpc) is 2.87. The average molecular weight is 269 g/mol. The molecule has 2 unspecified atom stereocenters. The predicted molar refractivity (Wildman–Crippen MR) is 75.1 cm³/mol. The first-order valence-corrected chi connectivity index (χ1v) is 7.58. The van der Waals surface area contributed by atoms with Gasteiger partial charge >= 0.3 is 0 Å². The van der Waals surface area contributed by atoms with Gasteiger partial charge in [0, 0.05) is 32.2 Å². The fourth-order valence-electron chi connectivity index (χ4n) is 3.04. The lowest BCUT2D eigenvalue weighted by molar-refractivity contribution is -0.130. The number of fused-ring (bicyclic) bond motifs is 1. The van der Waals surface area contributed by atoms with Crippen LogP contribution in [-0.2, 0) is 9.53 Å². The number of morpholine rings is 1. The number of ether oxygens (including phenoxy) is 1. The maximum Gasteiger partial charge on any atom is 0.236 e. The van der Waals surface area contributed by atoms with Crippen LogP contribution in [0, 0.1) is 0 Å². The Morgan fingerprint density at radius 2 is 2.21 bits per heavy atom. The van der Waals surface area contributed by atoms with E-state index in [-0.39, 0.29) is 12.0 Å². The van der Waals surface area contributed by atoms with Gasteiger partial charge in [-0.2, -0.15) is 0 Å². The number of hydrogen-bond acceptors (Lipinski definition) is 4. The van der Waals surface area contributed by atoms with E-state index in [4.69, 9.17) is 4.74 Å². The van der Waals surface area contributed by atoms with Gasteiger partial charge in [0.15, 0.2) is 0 Å². The second-order valence-corrected chi connectivity index (χ2v) is 5.44. The highest BCUT2D eigenvalue weighted by molar-refractivity contribution is 5.78. The molecule has 2 heterocycles. The molecule has 2 rings (SSSR count). The molecular weight excluding hydrogens is 242 g/mol. The van der Waals surface area contributed by atoms with Crippen LogP contribution in [0.25, 0.3) is 0 Å². The van der Waals surface area contributed by atoms with E-state index in [0.717, 1.165) is 32.8 Å². The highest BCUT2D eigenvalue weighted by atomic mass is 16.5. The van der Waals surface area contributed by atoms with Gasteiger partial charge in [-0.05, 0) is 33.2 Å². The summed E-state index contributed by atoms with van der Waals surface area (Å²) in [6.07, 6.45) is 2.81. The largest absolute Gasteiger partial charge is 0.374 e. The Balaban J connectivity index is 1.64. The summed E-state index contributed by atoms with van der Waals surface area (Å²) < 4.78 is 5.86. The summed E-state index contributed by atoms with van der Waals surface area (Å²) in [7, 11) is 0. The maximum atomic E-state index is 11.8. The third-order valence-corrected chi connectivity index (χ3v) is 4.23. The van der Waals surface area contributed by atoms with Gasteiger partial charge in [-0.1, -0.05) is 0 Å². The standard InChI is InChI=1S/C14H27N3O2/c1-3-16(4-2)14(18)9-15-8-13-10-17-7-5-6-12(17)11-19-13/h12-13,15H,3-11H2,1-2H3. The summed E-state index contributed by atoms with van der Waals surface area (Å²) in [4.78, 5) is 16.2. The van der Waals surface area contributed by atoms with Crippen molar-refractivity contribution < 1.29 is 9.53 Å². The predicted octanol–water partition coefficient (Wildman–Crippen LogP) is 0.308. The van der Waals surface area contributed by atoms with E-state index in [1.807, 2.05) is 18.7 Å². The molecule has 2 fully saturated rings.